The van der Waals surface area contributed by atoms with Gasteiger partial charge in [0.25, 0.3) is 0 Å². The Labute approximate surface area is 97.8 Å². The molecule has 0 radical (unpaired) electrons. The Morgan fingerprint density at radius 2 is 2.06 bits per heavy atom. The average Bonchev–Trinajstić information content (AvgIpc) is 2.61. The number of rotatable bonds is 0. The zero-order valence-electron chi connectivity index (χ0n) is 10.6. The van der Waals surface area contributed by atoms with Gasteiger partial charge in [0.1, 0.15) is 11.4 Å². The van der Waals surface area contributed by atoms with Crippen molar-refractivity contribution >= 4 is 0 Å². The van der Waals surface area contributed by atoms with Gasteiger partial charge >= 0.3 is 0 Å². The summed E-state index contributed by atoms with van der Waals surface area (Å²) in [6.45, 7) is 9.17. The van der Waals surface area contributed by atoms with Crippen molar-refractivity contribution in [1.29, 1.82) is 0 Å². The Morgan fingerprint density at radius 3 is 2.81 bits per heavy atom. The molecule has 0 bridgehead atoms. The standard InChI is InChI=1S/C15H20O/c1-9-6-5-7-12-13-11(3)10(2)8-15(13,4)16-14(9)12/h5-7,10-11,13H,8H2,1-4H3/t10-,11-,13-,15?/m0/s1. The van der Waals surface area contributed by atoms with Crippen molar-refractivity contribution in [2.45, 2.75) is 45.6 Å². The third kappa shape index (κ3) is 1.12. The molecule has 0 spiro atoms. The lowest BCUT2D eigenvalue weighted by Gasteiger charge is -2.24. The molecular weight excluding hydrogens is 196 g/mol. The van der Waals surface area contributed by atoms with E-state index in [1.54, 1.807) is 0 Å². The van der Waals surface area contributed by atoms with Crippen LogP contribution in [0.1, 0.15) is 44.2 Å². The summed E-state index contributed by atoms with van der Waals surface area (Å²) >= 11 is 0. The van der Waals surface area contributed by atoms with Crippen LogP contribution < -0.4 is 4.74 Å². The lowest BCUT2D eigenvalue weighted by molar-refractivity contribution is 0.0999. The van der Waals surface area contributed by atoms with Crippen molar-refractivity contribution in [1.82, 2.24) is 0 Å². The highest BCUT2D eigenvalue weighted by Gasteiger charge is 2.54. The lowest BCUT2D eigenvalue weighted by Crippen LogP contribution is -2.30. The third-order valence-electron chi connectivity index (χ3n) is 4.72. The summed E-state index contributed by atoms with van der Waals surface area (Å²) in [7, 11) is 0. The van der Waals surface area contributed by atoms with Crippen molar-refractivity contribution in [3.8, 4) is 5.75 Å². The summed E-state index contributed by atoms with van der Waals surface area (Å²) in [6, 6.07) is 6.57. The molecule has 4 atom stereocenters. The maximum absolute atomic E-state index is 6.29. The van der Waals surface area contributed by atoms with Gasteiger partial charge in [-0.25, -0.2) is 0 Å². The topological polar surface area (TPSA) is 9.23 Å². The molecule has 1 fully saturated rings. The van der Waals surface area contributed by atoms with Gasteiger partial charge in [0.15, 0.2) is 0 Å². The van der Waals surface area contributed by atoms with Crippen molar-refractivity contribution in [3.63, 3.8) is 0 Å². The highest BCUT2D eigenvalue weighted by molar-refractivity contribution is 5.49. The van der Waals surface area contributed by atoms with Crippen LogP contribution in [-0.4, -0.2) is 5.60 Å². The summed E-state index contributed by atoms with van der Waals surface area (Å²) in [5.41, 5.74) is 2.78. The van der Waals surface area contributed by atoms with Crippen LogP contribution in [-0.2, 0) is 0 Å². The minimum absolute atomic E-state index is 0.0489. The van der Waals surface area contributed by atoms with Crippen molar-refractivity contribution in [2.75, 3.05) is 0 Å². The van der Waals surface area contributed by atoms with E-state index >= 15 is 0 Å². The van der Waals surface area contributed by atoms with Crippen LogP contribution in [0.3, 0.4) is 0 Å². The van der Waals surface area contributed by atoms with Crippen molar-refractivity contribution < 1.29 is 4.74 Å². The fourth-order valence-electron chi connectivity index (χ4n) is 3.85. The van der Waals surface area contributed by atoms with Crippen LogP contribution in [0.5, 0.6) is 5.75 Å². The van der Waals surface area contributed by atoms with E-state index in [0.29, 0.717) is 5.92 Å². The smallest absolute Gasteiger partial charge is 0.126 e. The van der Waals surface area contributed by atoms with Gasteiger partial charge in [0.2, 0.25) is 0 Å². The Bertz CT molecular complexity index is 437. The minimum atomic E-state index is 0.0489. The summed E-state index contributed by atoms with van der Waals surface area (Å²) in [5.74, 6) is 3.25. The minimum Gasteiger partial charge on any atom is -0.486 e. The fraction of sp³-hybridized carbons (Fsp3) is 0.600. The van der Waals surface area contributed by atoms with Crippen molar-refractivity contribution in [3.05, 3.63) is 29.3 Å². The first-order chi connectivity index (χ1) is 7.53. The lowest BCUT2D eigenvalue weighted by atomic mass is 9.82. The van der Waals surface area contributed by atoms with E-state index in [1.165, 1.54) is 17.5 Å². The molecule has 16 heavy (non-hydrogen) atoms. The number of benzene rings is 1. The second kappa shape index (κ2) is 3.03. The average molecular weight is 216 g/mol. The number of para-hydroxylation sites is 1. The Hall–Kier alpha value is -0.980. The van der Waals surface area contributed by atoms with E-state index in [1.807, 2.05) is 0 Å². The zero-order chi connectivity index (χ0) is 11.5. The second-order valence-corrected chi connectivity index (χ2v) is 5.93. The normalized spacial score (nSPS) is 40.4. The van der Waals surface area contributed by atoms with Crippen LogP contribution in [0.25, 0.3) is 0 Å². The van der Waals surface area contributed by atoms with Gasteiger partial charge in [-0.15, -0.1) is 0 Å². The number of hydrogen-bond donors (Lipinski definition) is 0. The first-order valence-corrected chi connectivity index (χ1v) is 6.31. The van der Waals surface area contributed by atoms with Crippen LogP contribution in [0.15, 0.2) is 18.2 Å². The van der Waals surface area contributed by atoms with Gasteiger partial charge in [0.05, 0.1) is 0 Å². The van der Waals surface area contributed by atoms with Gasteiger partial charge in [-0.2, -0.15) is 0 Å². The molecule has 0 amide bonds. The van der Waals surface area contributed by atoms with Gasteiger partial charge in [-0.3, -0.25) is 0 Å². The number of fused-ring (bicyclic) bond motifs is 3. The van der Waals surface area contributed by atoms with Gasteiger partial charge < -0.3 is 4.74 Å². The van der Waals surface area contributed by atoms with Gasteiger partial charge in [-0.05, 0) is 37.7 Å². The predicted octanol–water partition coefficient (Wildman–Crippen LogP) is 3.91. The van der Waals surface area contributed by atoms with E-state index < -0.39 is 0 Å². The van der Waals surface area contributed by atoms with Crippen LogP contribution in [0.2, 0.25) is 0 Å². The quantitative estimate of drug-likeness (QED) is 0.639. The van der Waals surface area contributed by atoms with Crippen molar-refractivity contribution in [2.24, 2.45) is 11.8 Å². The Kier molecular flexibility index (Phi) is 1.93. The summed E-state index contributed by atoms with van der Waals surface area (Å²) in [6.07, 6.45) is 1.19. The summed E-state index contributed by atoms with van der Waals surface area (Å²) in [5, 5.41) is 0. The fourth-order valence-corrected chi connectivity index (χ4v) is 3.85. The van der Waals surface area contributed by atoms with E-state index in [2.05, 4.69) is 45.9 Å². The Balaban J connectivity index is 2.14. The van der Waals surface area contributed by atoms with E-state index in [4.69, 9.17) is 4.74 Å². The monoisotopic (exact) mass is 216 g/mol. The molecule has 0 saturated heterocycles. The summed E-state index contributed by atoms with van der Waals surface area (Å²) < 4.78 is 6.29. The molecule has 0 N–H and O–H groups in total. The highest BCUT2D eigenvalue weighted by atomic mass is 16.5. The third-order valence-corrected chi connectivity index (χ3v) is 4.72. The maximum atomic E-state index is 6.29. The molecule has 1 aliphatic carbocycles. The molecular formula is C15H20O. The maximum Gasteiger partial charge on any atom is 0.126 e. The molecule has 3 rings (SSSR count). The SMILES string of the molecule is Cc1cccc2c1OC1(C)C[C@H](C)[C@H](C)[C@@H]21. The second-order valence-electron chi connectivity index (χ2n) is 5.93. The van der Waals surface area contributed by atoms with Gasteiger partial charge in [-0.1, -0.05) is 32.0 Å². The van der Waals surface area contributed by atoms with Crippen LogP contribution in [0.4, 0.5) is 0 Å². The predicted molar refractivity (Wildman–Crippen MR) is 65.9 cm³/mol. The summed E-state index contributed by atoms with van der Waals surface area (Å²) in [4.78, 5) is 0. The van der Waals surface area contributed by atoms with Gasteiger partial charge in [0, 0.05) is 11.5 Å². The Morgan fingerprint density at radius 1 is 1.31 bits per heavy atom. The first kappa shape index (κ1) is 10.2. The molecule has 1 saturated carbocycles. The number of hydrogen-bond acceptors (Lipinski definition) is 1. The molecule has 1 aliphatic heterocycles. The molecule has 1 heteroatoms. The molecule has 1 unspecified atom stereocenters. The van der Waals surface area contributed by atoms with Crippen LogP contribution >= 0.6 is 0 Å². The largest absolute Gasteiger partial charge is 0.486 e. The van der Waals surface area contributed by atoms with E-state index in [-0.39, 0.29) is 5.60 Å². The van der Waals surface area contributed by atoms with Crippen LogP contribution in [0, 0.1) is 18.8 Å². The number of ether oxygens (including phenoxy) is 1. The van der Waals surface area contributed by atoms with E-state index in [9.17, 15) is 0 Å². The number of aryl methyl sites for hydroxylation is 1. The molecule has 1 aromatic carbocycles. The molecule has 86 valence electrons. The molecule has 2 aliphatic rings. The zero-order valence-corrected chi connectivity index (χ0v) is 10.6. The first-order valence-electron chi connectivity index (χ1n) is 6.31. The molecule has 0 aromatic heterocycles. The van der Waals surface area contributed by atoms with E-state index in [0.717, 1.165) is 17.6 Å². The molecule has 1 aromatic rings. The molecule has 1 heterocycles. The molecule has 1 nitrogen and oxygen atoms in total. The highest BCUT2D eigenvalue weighted by Crippen LogP contribution is 2.58.